The van der Waals surface area contributed by atoms with Crippen molar-refractivity contribution in [3.63, 3.8) is 0 Å². The number of amides is 3. The van der Waals surface area contributed by atoms with Crippen LogP contribution in [0.4, 0.5) is 10.5 Å². The predicted molar refractivity (Wildman–Crippen MR) is 153 cm³/mol. The number of carbonyl (C=O) groups excluding carboxylic acids is 3. The molecular formula is C28H24Cl2N2O6S. The molecule has 1 heterocycles. The Bertz CT molecular complexity index is 1430. The smallest absolute Gasteiger partial charge is 0.293 e. The molecule has 3 aromatic carbocycles. The highest BCUT2D eigenvalue weighted by Crippen LogP contribution is 2.37. The van der Waals surface area contributed by atoms with Gasteiger partial charge < -0.3 is 19.5 Å². The summed E-state index contributed by atoms with van der Waals surface area (Å²) in [4.78, 5) is 39.4. The lowest BCUT2D eigenvalue weighted by molar-refractivity contribution is -0.123. The maximum atomic E-state index is 13.0. The number of carbonyl (C=O) groups is 3. The Kier molecular flexibility index (Phi) is 9.40. The molecule has 0 unspecified atom stereocenters. The van der Waals surface area contributed by atoms with Crippen molar-refractivity contribution in [2.45, 2.75) is 13.5 Å². The highest BCUT2D eigenvalue weighted by Gasteiger charge is 2.35. The second kappa shape index (κ2) is 12.9. The number of thioether (sulfide) groups is 1. The van der Waals surface area contributed by atoms with Crippen LogP contribution in [-0.4, -0.2) is 42.3 Å². The van der Waals surface area contributed by atoms with Crippen LogP contribution in [0.1, 0.15) is 18.1 Å². The van der Waals surface area contributed by atoms with Gasteiger partial charge in [0.05, 0.1) is 30.9 Å². The molecule has 0 aromatic heterocycles. The van der Waals surface area contributed by atoms with Gasteiger partial charge in [-0.2, -0.15) is 0 Å². The summed E-state index contributed by atoms with van der Waals surface area (Å²) in [6, 6.07) is 17.1. The zero-order chi connectivity index (χ0) is 27.9. The van der Waals surface area contributed by atoms with Gasteiger partial charge in [-0.3, -0.25) is 19.3 Å². The number of halogens is 2. The zero-order valence-electron chi connectivity index (χ0n) is 21.0. The van der Waals surface area contributed by atoms with Gasteiger partial charge in [0, 0.05) is 15.6 Å². The van der Waals surface area contributed by atoms with Gasteiger partial charge in [-0.15, -0.1) is 0 Å². The summed E-state index contributed by atoms with van der Waals surface area (Å²) < 4.78 is 16.6. The fraction of sp³-hybridized carbons (Fsp3) is 0.179. The Hall–Kier alpha value is -3.66. The van der Waals surface area contributed by atoms with E-state index < -0.39 is 11.1 Å². The molecule has 1 aliphatic rings. The summed E-state index contributed by atoms with van der Waals surface area (Å²) >= 11 is 13.2. The first-order chi connectivity index (χ1) is 18.8. The number of anilines is 1. The van der Waals surface area contributed by atoms with E-state index in [1.165, 1.54) is 7.11 Å². The Morgan fingerprint density at radius 3 is 2.44 bits per heavy atom. The van der Waals surface area contributed by atoms with E-state index in [2.05, 4.69) is 5.32 Å². The average Bonchev–Trinajstić information content (AvgIpc) is 3.18. The van der Waals surface area contributed by atoms with Gasteiger partial charge in [-0.25, -0.2) is 0 Å². The predicted octanol–water partition coefficient (Wildman–Crippen LogP) is 6.65. The van der Waals surface area contributed by atoms with E-state index in [1.54, 1.807) is 60.7 Å². The molecule has 0 aliphatic carbocycles. The second-order valence-corrected chi connectivity index (χ2v) is 9.95. The van der Waals surface area contributed by atoms with Gasteiger partial charge in [0.15, 0.2) is 18.1 Å². The molecule has 1 fully saturated rings. The number of nitrogens with zero attached hydrogens (tertiary/aromatic N) is 1. The molecule has 1 aliphatic heterocycles. The standard InChI is InChI=1S/C28H24Cl2N2O6S/c1-3-37-22-10-5-4-9-21(22)31-26(33)16-38-23-12-11-17(13-24(23)36-2)14-25-27(34)32(28(35)39-25)15-18-19(29)7-6-8-20(18)30/h4-14H,3,15-16H2,1-2H3,(H,31,33)/b25-14-. The fourth-order valence-electron chi connectivity index (χ4n) is 3.70. The Morgan fingerprint density at radius 2 is 1.72 bits per heavy atom. The molecule has 3 amide bonds. The van der Waals surface area contributed by atoms with Gasteiger partial charge in [0.2, 0.25) is 0 Å². The fourth-order valence-corrected chi connectivity index (χ4v) is 5.06. The van der Waals surface area contributed by atoms with Gasteiger partial charge in [0.1, 0.15) is 5.75 Å². The lowest BCUT2D eigenvalue weighted by atomic mass is 10.1. The van der Waals surface area contributed by atoms with Crippen LogP contribution in [-0.2, 0) is 16.1 Å². The average molecular weight is 587 g/mol. The maximum absolute atomic E-state index is 13.0. The first kappa shape index (κ1) is 28.4. The van der Waals surface area contributed by atoms with E-state index in [0.29, 0.717) is 50.7 Å². The van der Waals surface area contributed by atoms with Crippen molar-refractivity contribution in [1.29, 1.82) is 0 Å². The topological polar surface area (TPSA) is 94.2 Å². The van der Waals surface area contributed by atoms with Crippen LogP contribution in [0, 0.1) is 0 Å². The van der Waals surface area contributed by atoms with Crippen LogP contribution >= 0.6 is 35.0 Å². The molecule has 8 nitrogen and oxygen atoms in total. The van der Waals surface area contributed by atoms with Gasteiger partial charge in [-0.05, 0) is 66.7 Å². The lowest BCUT2D eigenvalue weighted by Crippen LogP contribution is -2.27. The van der Waals surface area contributed by atoms with Crippen LogP contribution in [0.5, 0.6) is 17.2 Å². The summed E-state index contributed by atoms with van der Waals surface area (Å²) in [5.41, 5.74) is 1.65. The van der Waals surface area contributed by atoms with Gasteiger partial charge in [-0.1, -0.05) is 47.5 Å². The van der Waals surface area contributed by atoms with E-state index in [0.717, 1.165) is 16.7 Å². The van der Waals surface area contributed by atoms with Crippen LogP contribution in [0.25, 0.3) is 6.08 Å². The summed E-state index contributed by atoms with van der Waals surface area (Å²) in [6.07, 6.45) is 1.59. The van der Waals surface area contributed by atoms with Crippen molar-refractivity contribution in [3.05, 3.63) is 86.7 Å². The van der Waals surface area contributed by atoms with Crippen LogP contribution in [0.2, 0.25) is 10.0 Å². The second-order valence-electron chi connectivity index (χ2n) is 8.14. The Labute approximate surface area is 239 Å². The summed E-state index contributed by atoms with van der Waals surface area (Å²) in [5.74, 6) is 0.428. The molecule has 11 heteroatoms. The van der Waals surface area contributed by atoms with E-state index in [1.807, 2.05) is 13.0 Å². The number of ether oxygens (including phenoxy) is 3. The van der Waals surface area contributed by atoms with Crippen molar-refractivity contribution in [2.24, 2.45) is 0 Å². The van der Waals surface area contributed by atoms with Crippen molar-refractivity contribution in [1.82, 2.24) is 4.90 Å². The molecule has 202 valence electrons. The largest absolute Gasteiger partial charge is 0.493 e. The molecule has 1 saturated heterocycles. The molecular weight excluding hydrogens is 563 g/mol. The number of hydrogen-bond acceptors (Lipinski definition) is 7. The van der Waals surface area contributed by atoms with Crippen molar-refractivity contribution < 1.29 is 28.6 Å². The van der Waals surface area contributed by atoms with E-state index >= 15 is 0 Å². The number of para-hydroxylation sites is 2. The number of methoxy groups -OCH3 is 1. The number of imide groups is 1. The zero-order valence-corrected chi connectivity index (χ0v) is 23.4. The third-order valence-corrected chi connectivity index (χ3v) is 7.17. The molecule has 0 atom stereocenters. The molecule has 0 spiro atoms. The molecule has 4 rings (SSSR count). The Balaban J connectivity index is 1.43. The molecule has 0 saturated carbocycles. The summed E-state index contributed by atoms with van der Waals surface area (Å²) in [7, 11) is 1.46. The third kappa shape index (κ3) is 6.86. The molecule has 1 N–H and O–H groups in total. The van der Waals surface area contributed by atoms with E-state index in [-0.39, 0.29) is 24.0 Å². The van der Waals surface area contributed by atoms with Gasteiger partial charge in [0.25, 0.3) is 17.1 Å². The molecule has 39 heavy (non-hydrogen) atoms. The highest BCUT2D eigenvalue weighted by molar-refractivity contribution is 8.18. The lowest BCUT2D eigenvalue weighted by Gasteiger charge is -2.14. The maximum Gasteiger partial charge on any atom is 0.293 e. The number of hydrogen-bond donors (Lipinski definition) is 1. The summed E-state index contributed by atoms with van der Waals surface area (Å²) in [5, 5.41) is 3.09. The van der Waals surface area contributed by atoms with Crippen LogP contribution in [0.3, 0.4) is 0 Å². The minimum absolute atomic E-state index is 0.0340. The molecule has 0 bridgehead atoms. The minimum atomic E-state index is -0.454. The van der Waals surface area contributed by atoms with Crippen LogP contribution in [0.15, 0.2) is 65.6 Å². The van der Waals surface area contributed by atoms with Crippen molar-refractivity contribution in [3.8, 4) is 17.2 Å². The monoisotopic (exact) mass is 586 g/mol. The van der Waals surface area contributed by atoms with E-state index in [4.69, 9.17) is 37.4 Å². The Morgan fingerprint density at radius 1 is 0.974 bits per heavy atom. The summed E-state index contributed by atoms with van der Waals surface area (Å²) in [6.45, 7) is 2.03. The first-order valence-electron chi connectivity index (χ1n) is 11.8. The van der Waals surface area contributed by atoms with E-state index in [9.17, 15) is 14.4 Å². The third-order valence-electron chi connectivity index (χ3n) is 5.56. The van der Waals surface area contributed by atoms with Crippen molar-refractivity contribution in [2.75, 3.05) is 25.6 Å². The number of rotatable bonds is 10. The highest BCUT2D eigenvalue weighted by atomic mass is 35.5. The quantitative estimate of drug-likeness (QED) is 0.265. The number of nitrogens with one attached hydrogen (secondary N) is 1. The van der Waals surface area contributed by atoms with Gasteiger partial charge >= 0.3 is 0 Å². The normalized spacial score (nSPS) is 14.1. The van der Waals surface area contributed by atoms with Crippen molar-refractivity contribution >= 4 is 63.8 Å². The number of benzene rings is 3. The SMILES string of the molecule is CCOc1ccccc1NC(=O)COc1ccc(/C=C2\SC(=O)N(Cc3c(Cl)cccc3Cl)C2=O)cc1OC. The first-order valence-corrected chi connectivity index (χ1v) is 13.4. The van der Waals surface area contributed by atoms with Crippen LogP contribution < -0.4 is 19.5 Å². The molecule has 0 radical (unpaired) electrons. The molecule has 3 aromatic rings. The minimum Gasteiger partial charge on any atom is -0.493 e.